The van der Waals surface area contributed by atoms with E-state index < -0.39 is 75.7 Å². The standard InChI is InChI=1S/C51H93O13P/c1-3-5-7-9-11-13-15-17-19-21-22-24-25-27-29-31-33-35-37-39-44(52)61-41-43(42-62-65(59,60)64-51-49(57)47(55)46(54)48(56)50(51)58)63-45(53)40-38-36-34-32-30-28-26-23-20-18-16-14-12-10-8-6-4-2/h11,13-14,16-17,19,43,46-51,54-58H,3-10,12,15,18,20-42H2,1-2H3,(H,59,60)/b13-11+,16-14+,19-17+/t43-,46?,47-,48?,49?,50?,51?/m0/s1. The van der Waals surface area contributed by atoms with Crippen LogP contribution in [0.4, 0.5) is 0 Å². The third-order valence-corrected chi connectivity index (χ3v) is 12.9. The van der Waals surface area contributed by atoms with Gasteiger partial charge in [-0.3, -0.25) is 18.6 Å². The molecule has 0 amide bonds. The van der Waals surface area contributed by atoms with Crippen molar-refractivity contribution in [3.8, 4) is 0 Å². The molecule has 65 heavy (non-hydrogen) atoms. The molecule has 13 nitrogen and oxygen atoms in total. The Balaban J connectivity index is 2.40. The van der Waals surface area contributed by atoms with Gasteiger partial charge in [-0.15, -0.1) is 0 Å². The van der Waals surface area contributed by atoms with E-state index in [0.29, 0.717) is 12.8 Å². The van der Waals surface area contributed by atoms with Crippen molar-refractivity contribution >= 4 is 19.8 Å². The summed E-state index contributed by atoms with van der Waals surface area (Å²) in [6.45, 7) is 3.28. The van der Waals surface area contributed by atoms with Gasteiger partial charge in [-0.2, -0.15) is 0 Å². The van der Waals surface area contributed by atoms with Crippen molar-refractivity contribution in [1.82, 2.24) is 0 Å². The van der Waals surface area contributed by atoms with Crippen LogP contribution in [0.25, 0.3) is 0 Å². The molecule has 6 unspecified atom stereocenters. The van der Waals surface area contributed by atoms with Crippen molar-refractivity contribution in [3.63, 3.8) is 0 Å². The summed E-state index contributed by atoms with van der Waals surface area (Å²) in [4.78, 5) is 35.8. The molecule has 0 radical (unpaired) electrons. The molecule has 1 aliphatic rings. The van der Waals surface area contributed by atoms with Gasteiger partial charge >= 0.3 is 19.8 Å². The second-order valence-electron chi connectivity index (χ2n) is 18.0. The third-order valence-electron chi connectivity index (χ3n) is 12.0. The topological polar surface area (TPSA) is 210 Å². The molecule has 1 saturated carbocycles. The normalized spacial score (nSPS) is 21.7. The number of ether oxygens (including phenoxy) is 2. The van der Waals surface area contributed by atoms with Gasteiger partial charge in [-0.25, -0.2) is 4.57 Å². The van der Waals surface area contributed by atoms with E-state index in [1.54, 1.807) is 0 Å². The zero-order valence-electron chi connectivity index (χ0n) is 40.5. The SMILES string of the molecule is CCCCC/C=C/C/C=C/CCCCCCCCCCCC(=O)OC[C@@H](COP(=O)(O)OC1C(O)C(O)C(O)[C@H](O)C1O)OC(=O)CCCCCCCCCCC/C=C/CCCCCC. The van der Waals surface area contributed by atoms with Crippen LogP contribution in [0.5, 0.6) is 0 Å². The highest BCUT2D eigenvalue weighted by molar-refractivity contribution is 7.47. The molecule has 0 saturated heterocycles. The average Bonchev–Trinajstić information content (AvgIpc) is 3.29. The zero-order valence-corrected chi connectivity index (χ0v) is 41.4. The molecule has 0 spiro atoms. The van der Waals surface area contributed by atoms with Crippen molar-refractivity contribution in [1.29, 1.82) is 0 Å². The fraction of sp³-hybridized carbons (Fsp3) is 0.843. The number of carbonyl (C=O) groups is 2. The quantitative estimate of drug-likeness (QED) is 0.0146. The van der Waals surface area contributed by atoms with E-state index in [0.717, 1.165) is 70.6 Å². The lowest BCUT2D eigenvalue weighted by Gasteiger charge is -2.41. The summed E-state index contributed by atoms with van der Waals surface area (Å²) in [6.07, 6.45) is 34.7. The van der Waals surface area contributed by atoms with Crippen LogP contribution in [0.3, 0.4) is 0 Å². The van der Waals surface area contributed by atoms with Gasteiger partial charge in [-0.1, -0.05) is 172 Å². The minimum absolute atomic E-state index is 0.0944. The molecule has 0 aliphatic heterocycles. The van der Waals surface area contributed by atoms with Gasteiger partial charge in [0, 0.05) is 12.8 Å². The summed E-state index contributed by atoms with van der Waals surface area (Å²) in [5, 5.41) is 50.3. The van der Waals surface area contributed by atoms with Gasteiger partial charge in [0.1, 0.15) is 43.2 Å². The van der Waals surface area contributed by atoms with Crippen LogP contribution in [0.1, 0.15) is 219 Å². The molecule has 0 aromatic heterocycles. The molecule has 0 aromatic rings. The van der Waals surface area contributed by atoms with E-state index in [4.69, 9.17) is 18.5 Å². The third kappa shape index (κ3) is 33.3. The number of rotatable bonds is 43. The predicted molar refractivity (Wildman–Crippen MR) is 258 cm³/mol. The molecule has 8 atom stereocenters. The largest absolute Gasteiger partial charge is 0.472 e. The van der Waals surface area contributed by atoms with E-state index in [1.807, 2.05) is 0 Å². The lowest BCUT2D eigenvalue weighted by molar-refractivity contribution is -0.220. The lowest BCUT2D eigenvalue weighted by Crippen LogP contribution is -2.64. The number of hydrogen-bond acceptors (Lipinski definition) is 12. The van der Waals surface area contributed by atoms with Gasteiger partial charge in [0.2, 0.25) is 0 Å². The van der Waals surface area contributed by atoms with Crippen molar-refractivity contribution in [2.75, 3.05) is 13.2 Å². The molecule has 1 fully saturated rings. The summed E-state index contributed by atoms with van der Waals surface area (Å²) >= 11 is 0. The molecule has 0 heterocycles. The highest BCUT2D eigenvalue weighted by Gasteiger charge is 2.51. The van der Waals surface area contributed by atoms with Gasteiger partial charge in [0.25, 0.3) is 0 Å². The second-order valence-corrected chi connectivity index (χ2v) is 19.4. The highest BCUT2D eigenvalue weighted by atomic mass is 31.2. The molecule has 0 bridgehead atoms. The minimum Gasteiger partial charge on any atom is -0.462 e. The summed E-state index contributed by atoms with van der Waals surface area (Å²) < 4.78 is 33.6. The Morgan fingerprint density at radius 3 is 1.29 bits per heavy atom. The lowest BCUT2D eigenvalue weighted by atomic mass is 9.85. The van der Waals surface area contributed by atoms with Crippen LogP contribution in [0.2, 0.25) is 0 Å². The molecular weight excluding hydrogens is 852 g/mol. The number of carbonyl (C=O) groups excluding carboxylic acids is 2. The first-order chi connectivity index (χ1) is 31.4. The zero-order chi connectivity index (χ0) is 47.8. The first-order valence-electron chi connectivity index (χ1n) is 25.8. The van der Waals surface area contributed by atoms with E-state index in [9.17, 15) is 44.6 Å². The fourth-order valence-corrected chi connectivity index (χ4v) is 8.76. The Kier molecular flexibility index (Phi) is 38.6. The molecular formula is C51H93O13P. The van der Waals surface area contributed by atoms with Crippen LogP contribution in [0, 0.1) is 0 Å². The fourth-order valence-electron chi connectivity index (χ4n) is 7.78. The van der Waals surface area contributed by atoms with Crippen LogP contribution in [-0.2, 0) is 32.7 Å². The van der Waals surface area contributed by atoms with Crippen LogP contribution in [0.15, 0.2) is 36.5 Å². The molecule has 0 aromatic carbocycles. The van der Waals surface area contributed by atoms with Crippen molar-refractivity contribution in [2.45, 2.75) is 262 Å². The minimum atomic E-state index is -5.12. The Hall–Kier alpha value is -1.93. The van der Waals surface area contributed by atoms with Gasteiger partial charge in [0.05, 0.1) is 6.61 Å². The molecule has 1 aliphatic carbocycles. The monoisotopic (exact) mass is 945 g/mol. The number of aliphatic hydroxyl groups excluding tert-OH is 5. The van der Waals surface area contributed by atoms with Crippen LogP contribution >= 0.6 is 7.82 Å². The average molecular weight is 945 g/mol. The Morgan fingerprint density at radius 1 is 0.477 bits per heavy atom. The molecule has 6 N–H and O–H groups in total. The Labute approximate surface area is 393 Å². The van der Waals surface area contributed by atoms with Gasteiger partial charge in [0.15, 0.2) is 6.10 Å². The summed E-state index contributed by atoms with van der Waals surface area (Å²) in [5.74, 6) is -1.10. The van der Waals surface area contributed by atoms with Crippen LogP contribution < -0.4 is 0 Å². The summed E-state index contributed by atoms with van der Waals surface area (Å²) in [5.41, 5.74) is 0. The van der Waals surface area contributed by atoms with E-state index in [1.165, 1.54) is 109 Å². The summed E-state index contributed by atoms with van der Waals surface area (Å²) in [7, 11) is -5.12. The number of phosphoric ester groups is 1. The van der Waals surface area contributed by atoms with Crippen molar-refractivity contribution < 1.29 is 63.1 Å². The number of allylic oxidation sites excluding steroid dienone is 6. The first kappa shape index (κ1) is 61.1. The second kappa shape index (κ2) is 41.1. The predicted octanol–water partition coefficient (Wildman–Crippen LogP) is 11.0. The number of esters is 2. The van der Waals surface area contributed by atoms with Gasteiger partial charge < -0.3 is 39.9 Å². The number of unbranched alkanes of at least 4 members (excludes halogenated alkanes) is 25. The smallest absolute Gasteiger partial charge is 0.462 e. The van der Waals surface area contributed by atoms with E-state index >= 15 is 0 Å². The van der Waals surface area contributed by atoms with Gasteiger partial charge in [-0.05, 0) is 70.6 Å². The Morgan fingerprint density at radius 2 is 0.831 bits per heavy atom. The maximum Gasteiger partial charge on any atom is 0.472 e. The number of aliphatic hydroxyl groups is 5. The maximum atomic E-state index is 12.8. The molecule has 1 rings (SSSR count). The van der Waals surface area contributed by atoms with Crippen molar-refractivity contribution in [3.05, 3.63) is 36.5 Å². The Bertz CT molecular complexity index is 1280. The van der Waals surface area contributed by atoms with E-state index in [2.05, 4.69) is 50.3 Å². The maximum absolute atomic E-state index is 12.8. The number of hydrogen-bond donors (Lipinski definition) is 6. The van der Waals surface area contributed by atoms with Crippen LogP contribution in [-0.4, -0.2) is 98.3 Å². The first-order valence-corrected chi connectivity index (χ1v) is 27.3. The van der Waals surface area contributed by atoms with Crippen molar-refractivity contribution in [2.24, 2.45) is 0 Å². The molecule has 14 heteroatoms. The molecule has 380 valence electrons. The highest BCUT2D eigenvalue weighted by Crippen LogP contribution is 2.47. The van der Waals surface area contributed by atoms with E-state index in [-0.39, 0.29) is 12.8 Å². The summed E-state index contributed by atoms with van der Waals surface area (Å²) in [6, 6.07) is 0. The number of phosphoric acid groups is 1.